The molecule has 1 atom stereocenters. The van der Waals surface area contributed by atoms with Crippen LogP contribution in [0.15, 0.2) is 0 Å². The Bertz CT molecular complexity index is 291. The summed E-state index contributed by atoms with van der Waals surface area (Å²) in [6, 6.07) is 0. The first-order valence-electron chi connectivity index (χ1n) is 9.66. The first kappa shape index (κ1) is 23.1. The van der Waals surface area contributed by atoms with Crippen molar-refractivity contribution in [2.75, 3.05) is 6.61 Å². The number of hydrogen-bond donors (Lipinski definition) is 0. The highest BCUT2D eigenvalue weighted by molar-refractivity contribution is 7.43. The number of hydrogen-bond acceptors (Lipinski definition) is 4. The molecular weight excluding hydrogens is 311 g/mol. The molecule has 0 aliphatic rings. The highest BCUT2D eigenvalue weighted by Crippen LogP contribution is 2.28. The lowest BCUT2D eigenvalue weighted by molar-refractivity contribution is -0.342. The molecule has 140 valence electrons. The molecule has 23 heavy (non-hydrogen) atoms. The van der Waals surface area contributed by atoms with Crippen molar-refractivity contribution in [2.24, 2.45) is 5.92 Å². The fourth-order valence-corrected chi connectivity index (χ4v) is 3.33. The second kappa shape index (κ2) is 15.6. The van der Waals surface area contributed by atoms with Gasteiger partial charge in [0.2, 0.25) is 0 Å². The predicted octanol–water partition coefficient (Wildman–Crippen LogP) is 4.95. The van der Waals surface area contributed by atoms with Crippen LogP contribution in [-0.4, -0.2) is 6.61 Å². The Morgan fingerprint density at radius 3 is 1.57 bits per heavy atom. The van der Waals surface area contributed by atoms with E-state index in [1.165, 1.54) is 64.2 Å². The summed E-state index contributed by atoms with van der Waals surface area (Å²) < 4.78 is 15.2. The van der Waals surface area contributed by atoms with Gasteiger partial charge < -0.3 is 18.9 Å². The number of phosphoric ester groups is 1. The fourth-order valence-electron chi connectivity index (χ4n) is 2.93. The molecule has 0 aliphatic heterocycles. The highest BCUT2D eigenvalue weighted by Gasteiger charge is 2.10. The third kappa shape index (κ3) is 18.3. The number of rotatable bonds is 17. The average molecular weight is 348 g/mol. The lowest BCUT2D eigenvalue weighted by atomic mass is 9.95. The van der Waals surface area contributed by atoms with E-state index in [2.05, 4.69) is 18.4 Å². The van der Waals surface area contributed by atoms with Crippen molar-refractivity contribution in [2.45, 2.75) is 104 Å². The lowest BCUT2D eigenvalue weighted by Crippen LogP contribution is -2.20. The Kier molecular flexibility index (Phi) is 15.7. The molecule has 0 N–H and O–H groups in total. The van der Waals surface area contributed by atoms with E-state index < -0.39 is 7.82 Å². The molecule has 0 spiro atoms. The van der Waals surface area contributed by atoms with Crippen molar-refractivity contribution in [1.82, 2.24) is 0 Å². The van der Waals surface area contributed by atoms with E-state index in [1.54, 1.807) is 0 Å². The van der Waals surface area contributed by atoms with E-state index in [4.69, 9.17) is 0 Å². The van der Waals surface area contributed by atoms with Crippen LogP contribution >= 0.6 is 7.82 Å². The highest BCUT2D eigenvalue weighted by atomic mass is 31.2. The normalized spacial score (nSPS) is 13.4. The van der Waals surface area contributed by atoms with Gasteiger partial charge in [0.1, 0.15) is 0 Å². The van der Waals surface area contributed by atoms with Crippen LogP contribution < -0.4 is 9.79 Å². The monoisotopic (exact) mass is 348 g/mol. The van der Waals surface area contributed by atoms with Gasteiger partial charge in [0, 0.05) is 0 Å². The van der Waals surface area contributed by atoms with Crippen LogP contribution in [0.1, 0.15) is 104 Å². The molecule has 0 bridgehead atoms. The van der Waals surface area contributed by atoms with Crippen molar-refractivity contribution in [3.05, 3.63) is 0 Å². The molecule has 0 amide bonds. The third-order valence-corrected chi connectivity index (χ3v) is 4.87. The fraction of sp³-hybridized carbons (Fsp3) is 1.00. The van der Waals surface area contributed by atoms with E-state index in [1.807, 2.05) is 0 Å². The van der Waals surface area contributed by atoms with Gasteiger partial charge in [-0.2, -0.15) is 0 Å². The second-order valence-electron chi connectivity index (χ2n) is 6.72. The second-order valence-corrected chi connectivity index (χ2v) is 7.87. The van der Waals surface area contributed by atoms with Crippen LogP contribution in [0.5, 0.6) is 0 Å². The molecule has 5 heteroatoms. The van der Waals surface area contributed by atoms with Gasteiger partial charge in [-0.25, -0.2) is 0 Å². The van der Waals surface area contributed by atoms with Gasteiger partial charge in [0.25, 0.3) is 0 Å². The van der Waals surface area contributed by atoms with E-state index in [0.717, 1.165) is 25.7 Å². The smallest absolute Gasteiger partial charge is 0.0596 e. The molecule has 0 aromatic heterocycles. The Labute approximate surface area is 143 Å². The first-order chi connectivity index (χ1) is 11.0. The summed E-state index contributed by atoms with van der Waals surface area (Å²) in [7, 11) is -4.83. The van der Waals surface area contributed by atoms with Crippen LogP contribution in [-0.2, 0) is 9.09 Å². The summed E-state index contributed by atoms with van der Waals surface area (Å²) in [4.78, 5) is 21.3. The van der Waals surface area contributed by atoms with E-state index in [-0.39, 0.29) is 12.5 Å². The minimum atomic E-state index is -4.83. The predicted molar refractivity (Wildman–Crippen MR) is 93.0 cm³/mol. The molecule has 0 aromatic rings. The Balaban J connectivity index is 3.79. The summed E-state index contributed by atoms with van der Waals surface area (Å²) in [6.07, 6.45) is 16.8. The van der Waals surface area contributed by atoms with Gasteiger partial charge in [-0.3, -0.25) is 0 Å². The standard InChI is InChI=1S/C18H39O4P/c1-3-5-7-9-10-11-12-14-16-18(15-13-8-6-4-2)17-22-23(19,20)21/h18H,3-17H2,1-2H3,(H2,19,20,21)/p-2. The number of unbranched alkanes of at least 4 members (excludes halogenated alkanes) is 10. The summed E-state index contributed by atoms with van der Waals surface area (Å²) in [5.74, 6) is 0.211. The van der Waals surface area contributed by atoms with Crippen molar-refractivity contribution in [3.8, 4) is 0 Å². The topological polar surface area (TPSA) is 72.4 Å². The molecule has 0 aromatic carbocycles. The zero-order valence-electron chi connectivity index (χ0n) is 15.3. The maximum atomic E-state index is 10.7. The van der Waals surface area contributed by atoms with Crippen molar-refractivity contribution < 1.29 is 18.9 Å². The molecule has 0 fully saturated rings. The minimum Gasteiger partial charge on any atom is -0.790 e. The third-order valence-electron chi connectivity index (χ3n) is 4.40. The van der Waals surface area contributed by atoms with Gasteiger partial charge >= 0.3 is 0 Å². The molecule has 0 aliphatic carbocycles. The van der Waals surface area contributed by atoms with Crippen LogP contribution in [0.25, 0.3) is 0 Å². The van der Waals surface area contributed by atoms with Crippen molar-refractivity contribution in [1.29, 1.82) is 0 Å². The van der Waals surface area contributed by atoms with E-state index >= 15 is 0 Å². The molecular formula is C18H37O4P-2. The molecule has 0 saturated carbocycles. The lowest BCUT2D eigenvalue weighted by Gasteiger charge is -2.31. The molecule has 0 radical (unpaired) electrons. The summed E-state index contributed by atoms with van der Waals surface area (Å²) in [6.45, 7) is 4.48. The van der Waals surface area contributed by atoms with Crippen LogP contribution in [0.3, 0.4) is 0 Å². The zero-order chi connectivity index (χ0) is 17.4. The maximum Gasteiger partial charge on any atom is 0.0596 e. The van der Waals surface area contributed by atoms with E-state index in [9.17, 15) is 14.4 Å². The molecule has 4 nitrogen and oxygen atoms in total. The van der Waals surface area contributed by atoms with Gasteiger partial charge in [0.15, 0.2) is 0 Å². The average Bonchev–Trinajstić information content (AvgIpc) is 2.50. The van der Waals surface area contributed by atoms with Gasteiger partial charge in [-0.05, 0) is 18.8 Å². The van der Waals surface area contributed by atoms with Crippen LogP contribution in [0, 0.1) is 5.92 Å². The Morgan fingerprint density at radius 2 is 1.13 bits per heavy atom. The van der Waals surface area contributed by atoms with Gasteiger partial charge in [-0.1, -0.05) is 90.9 Å². The molecule has 1 unspecified atom stereocenters. The SMILES string of the molecule is CCCCCCCCCCC(CCCCCC)COP(=O)([O-])[O-]. The molecule has 0 saturated heterocycles. The molecule has 0 heterocycles. The summed E-state index contributed by atoms with van der Waals surface area (Å²) in [5, 5.41) is 0. The van der Waals surface area contributed by atoms with Crippen LogP contribution in [0.4, 0.5) is 0 Å². The zero-order valence-corrected chi connectivity index (χ0v) is 16.2. The Hall–Kier alpha value is 0.110. The maximum absolute atomic E-state index is 10.7. The van der Waals surface area contributed by atoms with Gasteiger partial charge in [0.05, 0.1) is 14.4 Å². The largest absolute Gasteiger partial charge is 0.790 e. The summed E-state index contributed by atoms with van der Waals surface area (Å²) >= 11 is 0. The van der Waals surface area contributed by atoms with Gasteiger partial charge in [-0.15, -0.1) is 0 Å². The quantitative estimate of drug-likeness (QED) is 0.275. The van der Waals surface area contributed by atoms with E-state index in [0.29, 0.717) is 0 Å². The minimum absolute atomic E-state index is 0.0763. The Morgan fingerprint density at radius 1 is 0.739 bits per heavy atom. The summed E-state index contributed by atoms with van der Waals surface area (Å²) in [5.41, 5.74) is 0. The first-order valence-corrected chi connectivity index (χ1v) is 11.1. The van der Waals surface area contributed by atoms with Crippen LogP contribution in [0.2, 0.25) is 0 Å². The van der Waals surface area contributed by atoms with Crippen molar-refractivity contribution in [3.63, 3.8) is 0 Å². The number of phosphoric acid groups is 1. The molecule has 0 rings (SSSR count). The van der Waals surface area contributed by atoms with Crippen molar-refractivity contribution >= 4 is 7.82 Å².